The molecule has 0 atom stereocenters. The average Bonchev–Trinajstić information content (AvgIpc) is 2.58. The molecule has 0 unspecified atom stereocenters. The number of aromatic nitrogens is 1. The van der Waals surface area contributed by atoms with Crippen molar-refractivity contribution < 1.29 is 4.74 Å². The Bertz CT molecular complexity index is 742. The highest BCUT2D eigenvalue weighted by molar-refractivity contribution is 5.69. The number of methoxy groups -OCH3 is 1. The zero-order chi connectivity index (χ0) is 18.4. The molecular formula is C21H31NO2. The number of pyridine rings is 1. The van der Waals surface area contributed by atoms with Gasteiger partial charge in [0.2, 0.25) is 0 Å². The standard InChI is InChI=1S/C19H25NO2.C2H6/c1-12(2)9-16-8-7-15(10-18(16)22-6)17-11-20(5)19(21)14(4)13(17)3;1-2/h7-8,10-12H,9H2,1-6H3;1-2H3. The Morgan fingerprint density at radius 2 is 1.75 bits per heavy atom. The van der Waals surface area contributed by atoms with E-state index in [0.717, 1.165) is 34.4 Å². The van der Waals surface area contributed by atoms with E-state index in [1.807, 2.05) is 33.9 Å². The Labute approximate surface area is 146 Å². The Hall–Kier alpha value is -2.03. The first-order valence-corrected chi connectivity index (χ1v) is 8.69. The number of hydrogen-bond donors (Lipinski definition) is 0. The molecule has 0 aliphatic carbocycles. The quantitative estimate of drug-likeness (QED) is 0.798. The molecule has 24 heavy (non-hydrogen) atoms. The maximum atomic E-state index is 12.0. The van der Waals surface area contributed by atoms with Crippen LogP contribution in [0.4, 0.5) is 0 Å². The van der Waals surface area contributed by atoms with Gasteiger partial charge in [-0.15, -0.1) is 0 Å². The second-order valence-electron chi connectivity index (χ2n) is 6.33. The molecule has 2 rings (SSSR count). The molecule has 132 valence electrons. The van der Waals surface area contributed by atoms with Crippen LogP contribution in [0.15, 0.2) is 29.2 Å². The molecule has 0 aliphatic rings. The highest BCUT2D eigenvalue weighted by Gasteiger charge is 2.12. The lowest BCUT2D eigenvalue weighted by atomic mass is 9.95. The highest BCUT2D eigenvalue weighted by Crippen LogP contribution is 2.30. The molecule has 1 aromatic heterocycles. The second-order valence-corrected chi connectivity index (χ2v) is 6.33. The van der Waals surface area contributed by atoms with Gasteiger partial charge in [-0.1, -0.05) is 39.8 Å². The summed E-state index contributed by atoms with van der Waals surface area (Å²) in [6, 6.07) is 6.32. The molecule has 0 saturated heterocycles. The summed E-state index contributed by atoms with van der Waals surface area (Å²) in [7, 11) is 3.50. The Morgan fingerprint density at radius 3 is 2.29 bits per heavy atom. The van der Waals surface area contributed by atoms with Crippen molar-refractivity contribution in [3.63, 3.8) is 0 Å². The SMILES string of the molecule is CC.COc1cc(-c2cn(C)c(=O)c(C)c2C)ccc1CC(C)C. The van der Waals surface area contributed by atoms with E-state index in [-0.39, 0.29) is 5.56 Å². The minimum atomic E-state index is 0.0599. The van der Waals surface area contributed by atoms with Gasteiger partial charge < -0.3 is 9.30 Å². The third kappa shape index (κ3) is 4.28. The monoisotopic (exact) mass is 329 g/mol. The fourth-order valence-electron chi connectivity index (χ4n) is 2.79. The van der Waals surface area contributed by atoms with E-state index in [0.29, 0.717) is 5.92 Å². The molecule has 0 fully saturated rings. The smallest absolute Gasteiger partial charge is 0.253 e. The summed E-state index contributed by atoms with van der Waals surface area (Å²) in [4.78, 5) is 12.0. The van der Waals surface area contributed by atoms with Crippen LogP contribution in [0.5, 0.6) is 5.75 Å². The first-order chi connectivity index (χ1) is 11.3. The molecule has 0 saturated carbocycles. The van der Waals surface area contributed by atoms with Crippen LogP contribution >= 0.6 is 0 Å². The molecule has 0 bridgehead atoms. The van der Waals surface area contributed by atoms with Crippen molar-refractivity contribution in [2.24, 2.45) is 13.0 Å². The number of benzene rings is 1. The summed E-state index contributed by atoms with van der Waals surface area (Å²) in [6.45, 7) is 12.3. The van der Waals surface area contributed by atoms with E-state index < -0.39 is 0 Å². The number of ether oxygens (including phenoxy) is 1. The highest BCUT2D eigenvalue weighted by atomic mass is 16.5. The normalized spacial score (nSPS) is 10.4. The topological polar surface area (TPSA) is 31.2 Å². The molecular weight excluding hydrogens is 298 g/mol. The molecule has 0 radical (unpaired) electrons. The molecule has 0 N–H and O–H groups in total. The number of nitrogens with zero attached hydrogens (tertiary/aromatic N) is 1. The molecule has 0 amide bonds. The van der Waals surface area contributed by atoms with Gasteiger partial charge >= 0.3 is 0 Å². The molecule has 0 spiro atoms. The fraction of sp³-hybridized carbons (Fsp3) is 0.476. The van der Waals surface area contributed by atoms with E-state index in [2.05, 4.69) is 32.0 Å². The van der Waals surface area contributed by atoms with E-state index in [9.17, 15) is 4.79 Å². The minimum Gasteiger partial charge on any atom is -0.496 e. The van der Waals surface area contributed by atoms with Gasteiger partial charge in [-0.25, -0.2) is 0 Å². The number of aryl methyl sites for hydroxylation is 1. The fourth-order valence-corrected chi connectivity index (χ4v) is 2.79. The molecule has 1 heterocycles. The molecule has 1 aromatic carbocycles. The van der Waals surface area contributed by atoms with Gasteiger partial charge in [0.15, 0.2) is 0 Å². The summed E-state index contributed by atoms with van der Waals surface area (Å²) in [5, 5.41) is 0. The van der Waals surface area contributed by atoms with Gasteiger partial charge in [-0.3, -0.25) is 4.79 Å². The second kappa shape index (κ2) is 8.72. The summed E-state index contributed by atoms with van der Waals surface area (Å²) < 4.78 is 7.21. The van der Waals surface area contributed by atoms with Crippen molar-refractivity contribution >= 4 is 0 Å². The molecule has 3 nitrogen and oxygen atoms in total. The Morgan fingerprint density at radius 1 is 1.12 bits per heavy atom. The number of hydrogen-bond acceptors (Lipinski definition) is 2. The summed E-state index contributed by atoms with van der Waals surface area (Å²) >= 11 is 0. The van der Waals surface area contributed by atoms with Crippen molar-refractivity contribution in [2.45, 2.75) is 48.0 Å². The molecule has 0 aliphatic heterocycles. The van der Waals surface area contributed by atoms with Gasteiger partial charge in [-0.05, 0) is 48.9 Å². The molecule has 3 heteroatoms. The van der Waals surface area contributed by atoms with Gasteiger partial charge in [0.25, 0.3) is 5.56 Å². The minimum absolute atomic E-state index is 0.0599. The van der Waals surface area contributed by atoms with Crippen LogP contribution in [0.25, 0.3) is 11.1 Å². The lowest BCUT2D eigenvalue weighted by Gasteiger charge is -2.15. The summed E-state index contributed by atoms with van der Waals surface area (Å²) in [5.74, 6) is 1.50. The van der Waals surface area contributed by atoms with Crippen LogP contribution in [0.3, 0.4) is 0 Å². The van der Waals surface area contributed by atoms with E-state index in [1.165, 1.54) is 5.56 Å². The van der Waals surface area contributed by atoms with Gasteiger partial charge in [0, 0.05) is 24.4 Å². The summed E-state index contributed by atoms with van der Waals surface area (Å²) in [5.41, 5.74) is 5.27. The predicted molar refractivity (Wildman–Crippen MR) is 103 cm³/mol. The average molecular weight is 329 g/mol. The Kier molecular flexibility index (Phi) is 7.27. The number of rotatable bonds is 4. The van der Waals surface area contributed by atoms with Gasteiger partial charge in [-0.2, -0.15) is 0 Å². The van der Waals surface area contributed by atoms with E-state index in [1.54, 1.807) is 18.7 Å². The lowest BCUT2D eigenvalue weighted by molar-refractivity contribution is 0.407. The van der Waals surface area contributed by atoms with E-state index >= 15 is 0 Å². The van der Waals surface area contributed by atoms with Crippen molar-refractivity contribution in [3.05, 3.63) is 51.4 Å². The maximum absolute atomic E-state index is 12.0. The van der Waals surface area contributed by atoms with Gasteiger partial charge in [0.1, 0.15) is 5.75 Å². The van der Waals surface area contributed by atoms with Crippen LogP contribution in [0.2, 0.25) is 0 Å². The third-order valence-corrected chi connectivity index (χ3v) is 4.16. The zero-order valence-corrected chi connectivity index (χ0v) is 16.4. The first-order valence-electron chi connectivity index (χ1n) is 8.69. The largest absolute Gasteiger partial charge is 0.496 e. The van der Waals surface area contributed by atoms with Crippen molar-refractivity contribution in [1.82, 2.24) is 4.57 Å². The van der Waals surface area contributed by atoms with Crippen LogP contribution < -0.4 is 10.3 Å². The predicted octanol–water partition coefficient (Wildman–Crippen LogP) is 4.90. The van der Waals surface area contributed by atoms with Crippen molar-refractivity contribution in [2.75, 3.05) is 7.11 Å². The summed E-state index contributed by atoms with van der Waals surface area (Å²) in [6.07, 6.45) is 2.90. The van der Waals surface area contributed by atoms with Crippen LogP contribution in [-0.4, -0.2) is 11.7 Å². The molecule has 2 aromatic rings. The third-order valence-electron chi connectivity index (χ3n) is 4.16. The van der Waals surface area contributed by atoms with E-state index in [4.69, 9.17) is 4.74 Å². The van der Waals surface area contributed by atoms with Gasteiger partial charge in [0.05, 0.1) is 7.11 Å². The zero-order valence-electron chi connectivity index (χ0n) is 16.4. The maximum Gasteiger partial charge on any atom is 0.253 e. The van der Waals surface area contributed by atoms with Crippen molar-refractivity contribution in [3.8, 4) is 16.9 Å². The first kappa shape index (κ1) is 20.0. The lowest BCUT2D eigenvalue weighted by Crippen LogP contribution is -2.20. The Balaban J connectivity index is 0.00000139. The van der Waals surface area contributed by atoms with Crippen molar-refractivity contribution in [1.29, 1.82) is 0 Å². The van der Waals surface area contributed by atoms with Crippen LogP contribution in [0.1, 0.15) is 44.4 Å². The van der Waals surface area contributed by atoms with Crippen LogP contribution in [0, 0.1) is 19.8 Å². The van der Waals surface area contributed by atoms with Crippen LogP contribution in [-0.2, 0) is 13.5 Å².